The Hall–Kier alpha value is -1.36. The van der Waals surface area contributed by atoms with Gasteiger partial charge in [0.1, 0.15) is 18.2 Å². The van der Waals surface area contributed by atoms with Gasteiger partial charge in [0, 0.05) is 31.8 Å². The van der Waals surface area contributed by atoms with Gasteiger partial charge < -0.3 is 15.0 Å². The zero-order chi connectivity index (χ0) is 15.2. The SMILES string of the molecule is CCNc1cc(N2CC(C)CCC2C)nc(COCC)n1. The zero-order valence-corrected chi connectivity index (χ0v) is 13.7. The minimum atomic E-state index is 0.473. The number of ether oxygens (including phenoxy) is 1. The number of piperidine rings is 1. The molecule has 1 fully saturated rings. The van der Waals surface area contributed by atoms with Gasteiger partial charge in [-0.1, -0.05) is 6.92 Å². The lowest BCUT2D eigenvalue weighted by atomic mass is 9.95. The second-order valence-corrected chi connectivity index (χ2v) is 5.88. The smallest absolute Gasteiger partial charge is 0.158 e. The number of rotatable bonds is 6. The predicted octanol–water partition coefficient (Wildman–Crippen LogP) is 3.07. The summed E-state index contributed by atoms with van der Waals surface area (Å²) < 4.78 is 5.47. The van der Waals surface area contributed by atoms with Crippen LogP contribution in [0.3, 0.4) is 0 Å². The van der Waals surface area contributed by atoms with Crippen LogP contribution in [-0.4, -0.2) is 35.7 Å². The van der Waals surface area contributed by atoms with E-state index >= 15 is 0 Å². The molecule has 0 radical (unpaired) electrons. The van der Waals surface area contributed by atoms with Gasteiger partial charge in [-0.05, 0) is 39.5 Å². The zero-order valence-electron chi connectivity index (χ0n) is 13.7. The molecule has 2 atom stereocenters. The first-order valence-electron chi connectivity index (χ1n) is 8.10. The largest absolute Gasteiger partial charge is 0.374 e. The van der Waals surface area contributed by atoms with Gasteiger partial charge in [0.15, 0.2) is 5.82 Å². The van der Waals surface area contributed by atoms with Crippen molar-refractivity contribution in [2.24, 2.45) is 5.92 Å². The Morgan fingerprint density at radius 3 is 2.81 bits per heavy atom. The topological polar surface area (TPSA) is 50.3 Å². The molecule has 5 nitrogen and oxygen atoms in total. The van der Waals surface area contributed by atoms with Gasteiger partial charge >= 0.3 is 0 Å². The Kier molecular flexibility index (Phi) is 5.79. The van der Waals surface area contributed by atoms with Crippen LogP contribution < -0.4 is 10.2 Å². The van der Waals surface area contributed by atoms with Gasteiger partial charge in [0.2, 0.25) is 0 Å². The van der Waals surface area contributed by atoms with E-state index in [4.69, 9.17) is 9.72 Å². The summed E-state index contributed by atoms with van der Waals surface area (Å²) in [5.41, 5.74) is 0. The Morgan fingerprint density at radius 2 is 2.10 bits per heavy atom. The van der Waals surface area contributed by atoms with Crippen LogP contribution in [0.5, 0.6) is 0 Å². The second kappa shape index (κ2) is 7.59. The van der Waals surface area contributed by atoms with E-state index in [2.05, 4.69) is 42.0 Å². The van der Waals surface area contributed by atoms with Crippen LogP contribution in [0.2, 0.25) is 0 Å². The van der Waals surface area contributed by atoms with Gasteiger partial charge in [0.05, 0.1) is 0 Å². The summed E-state index contributed by atoms with van der Waals surface area (Å²) in [6.07, 6.45) is 2.52. The normalized spacial score (nSPS) is 22.4. The van der Waals surface area contributed by atoms with Crippen LogP contribution in [-0.2, 0) is 11.3 Å². The number of aromatic nitrogens is 2. The van der Waals surface area contributed by atoms with Crippen LogP contribution in [0.15, 0.2) is 6.07 Å². The summed E-state index contributed by atoms with van der Waals surface area (Å²) in [5.74, 6) is 3.39. The highest BCUT2D eigenvalue weighted by atomic mass is 16.5. The third-order valence-corrected chi connectivity index (χ3v) is 3.96. The van der Waals surface area contributed by atoms with Crippen molar-refractivity contribution in [1.82, 2.24) is 9.97 Å². The highest BCUT2D eigenvalue weighted by Gasteiger charge is 2.24. The van der Waals surface area contributed by atoms with Crippen LogP contribution in [0.25, 0.3) is 0 Å². The van der Waals surface area contributed by atoms with Gasteiger partial charge in [-0.25, -0.2) is 9.97 Å². The van der Waals surface area contributed by atoms with Crippen molar-refractivity contribution in [3.63, 3.8) is 0 Å². The molecule has 1 aromatic heterocycles. The molecule has 0 amide bonds. The molecule has 2 heterocycles. The minimum absolute atomic E-state index is 0.473. The standard InChI is InChI=1S/C16H28N4O/c1-5-17-14-9-16(19-15(18-14)11-21-6-2)20-10-12(3)7-8-13(20)4/h9,12-13H,5-8,10-11H2,1-4H3,(H,17,18,19). The highest BCUT2D eigenvalue weighted by molar-refractivity contribution is 5.50. The first-order valence-corrected chi connectivity index (χ1v) is 8.10. The van der Waals surface area contributed by atoms with E-state index in [0.29, 0.717) is 25.2 Å². The summed E-state index contributed by atoms with van der Waals surface area (Å²) >= 11 is 0. The minimum Gasteiger partial charge on any atom is -0.374 e. The lowest BCUT2D eigenvalue weighted by molar-refractivity contribution is 0.128. The second-order valence-electron chi connectivity index (χ2n) is 5.88. The van der Waals surface area contributed by atoms with E-state index < -0.39 is 0 Å². The fraction of sp³-hybridized carbons (Fsp3) is 0.750. The van der Waals surface area contributed by atoms with Gasteiger partial charge in [-0.15, -0.1) is 0 Å². The molecule has 1 aromatic rings. The maximum Gasteiger partial charge on any atom is 0.158 e. The number of nitrogens with one attached hydrogen (secondary N) is 1. The van der Waals surface area contributed by atoms with E-state index in [1.165, 1.54) is 12.8 Å². The molecule has 21 heavy (non-hydrogen) atoms. The molecule has 5 heteroatoms. The summed E-state index contributed by atoms with van der Waals surface area (Å²) in [5, 5.41) is 3.30. The van der Waals surface area contributed by atoms with E-state index in [1.807, 2.05) is 6.92 Å². The predicted molar refractivity (Wildman–Crippen MR) is 86.7 cm³/mol. The molecule has 1 aliphatic rings. The molecule has 0 aromatic carbocycles. The molecule has 2 unspecified atom stereocenters. The van der Waals surface area contributed by atoms with Crippen molar-refractivity contribution >= 4 is 11.6 Å². The van der Waals surface area contributed by atoms with Crippen molar-refractivity contribution in [1.29, 1.82) is 0 Å². The van der Waals surface area contributed by atoms with Gasteiger partial charge in [-0.2, -0.15) is 0 Å². The quantitative estimate of drug-likeness (QED) is 0.873. The molecule has 1 saturated heterocycles. The van der Waals surface area contributed by atoms with Crippen LogP contribution >= 0.6 is 0 Å². The molecular formula is C16H28N4O. The lowest BCUT2D eigenvalue weighted by Gasteiger charge is -2.37. The average Bonchev–Trinajstić information content (AvgIpc) is 2.48. The Bertz CT molecular complexity index is 452. The lowest BCUT2D eigenvalue weighted by Crippen LogP contribution is -2.41. The first kappa shape index (κ1) is 16.0. The first-order chi connectivity index (χ1) is 10.1. The highest BCUT2D eigenvalue weighted by Crippen LogP contribution is 2.27. The average molecular weight is 292 g/mol. The Labute approximate surface area is 128 Å². The number of anilines is 2. The fourth-order valence-electron chi connectivity index (χ4n) is 2.77. The van der Waals surface area contributed by atoms with E-state index in [1.54, 1.807) is 0 Å². The van der Waals surface area contributed by atoms with Crippen LogP contribution in [0.4, 0.5) is 11.6 Å². The maximum absolute atomic E-state index is 5.47. The molecule has 0 bridgehead atoms. The summed E-state index contributed by atoms with van der Waals surface area (Å²) in [7, 11) is 0. The maximum atomic E-state index is 5.47. The third kappa shape index (κ3) is 4.30. The number of hydrogen-bond donors (Lipinski definition) is 1. The van der Waals surface area contributed by atoms with Crippen molar-refractivity contribution < 1.29 is 4.74 Å². The molecule has 1 N–H and O–H groups in total. The summed E-state index contributed by atoms with van der Waals surface area (Å²) in [6, 6.07) is 2.60. The molecule has 0 spiro atoms. The third-order valence-electron chi connectivity index (χ3n) is 3.96. The molecule has 1 aliphatic heterocycles. The summed E-state index contributed by atoms with van der Waals surface area (Å²) in [4.78, 5) is 11.6. The monoisotopic (exact) mass is 292 g/mol. The van der Waals surface area contributed by atoms with Crippen molar-refractivity contribution in [2.45, 2.75) is 53.2 Å². The van der Waals surface area contributed by atoms with Crippen LogP contribution in [0, 0.1) is 5.92 Å². The van der Waals surface area contributed by atoms with Gasteiger partial charge in [-0.3, -0.25) is 0 Å². The van der Waals surface area contributed by atoms with Crippen molar-refractivity contribution in [2.75, 3.05) is 29.9 Å². The van der Waals surface area contributed by atoms with Crippen molar-refractivity contribution in [3.05, 3.63) is 11.9 Å². The van der Waals surface area contributed by atoms with E-state index in [-0.39, 0.29) is 0 Å². The van der Waals surface area contributed by atoms with Crippen LogP contribution in [0.1, 0.15) is 46.4 Å². The molecule has 2 rings (SSSR count). The Morgan fingerprint density at radius 1 is 1.29 bits per heavy atom. The number of hydrogen-bond acceptors (Lipinski definition) is 5. The molecule has 118 valence electrons. The molecular weight excluding hydrogens is 264 g/mol. The van der Waals surface area contributed by atoms with E-state index in [0.717, 1.165) is 30.5 Å². The van der Waals surface area contributed by atoms with E-state index in [9.17, 15) is 0 Å². The van der Waals surface area contributed by atoms with Gasteiger partial charge in [0.25, 0.3) is 0 Å². The summed E-state index contributed by atoms with van der Waals surface area (Å²) in [6.45, 7) is 11.7. The Balaban J connectivity index is 2.25. The number of nitrogens with zero attached hydrogens (tertiary/aromatic N) is 3. The fourth-order valence-corrected chi connectivity index (χ4v) is 2.77. The molecule has 0 aliphatic carbocycles. The molecule has 0 saturated carbocycles. The van der Waals surface area contributed by atoms with Crippen molar-refractivity contribution in [3.8, 4) is 0 Å².